The van der Waals surface area contributed by atoms with Gasteiger partial charge in [-0.15, -0.1) is 0 Å². The van der Waals surface area contributed by atoms with Crippen molar-refractivity contribution >= 4 is 19.8 Å². The van der Waals surface area contributed by atoms with Crippen molar-refractivity contribution in [2.45, 2.75) is 84.2 Å². The van der Waals surface area contributed by atoms with Crippen LogP contribution in [-0.2, 0) is 28.2 Å². The molecule has 0 amide bonds. The second-order valence-corrected chi connectivity index (χ2v) is 7.44. The van der Waals surface area contributed by atoms with Gasteiger partial charge in [-0.3, -0.25) is 14.1 Å². The molecule has 0 fully saturated rings. The fourth-order valence-corrected chi connectivity index (χ4v) is 2.55. The van der Waals surface area contributed by atoms with Gasteiger partial charge < -0.3 is 19.3 Å². The van der Waals surface area contributed by atoms with Crippen molar-refractivity contribution < 1.29 is 37.9 Å². The summed E-state index contributed by atoms with van der Waals surface area (Å²) in [5.41, 5.74) is 0. The Kier molecular flexibility index (Phi) is 14.6. The molecular formula is C17H33O8P. The van der Waals surface area contributed by atoms with Crippen LogP contribution in [0.5, 0.6) is 0 Å². The summed E-state index contributed by atoms with van der Waals surface area (Å²) in [5.74, 6) is -0.930. The zero-order valence-corrected chi connectivity index (χ0v) is 16.7. The monoisotopic (exact) mass is 396 g/mol. The molecule has 0 bridgehead atoms. The van der Waals surface area contributed by atoms with Crippen LogP contribution >= 0.6 is 7.82 Å². The molecule has 0 aliphatic rings. The fourth-order valence-electron chi connectivity index (χ4n) is 2.19. The molecule has 0 aromatic carbocycles. The number of unbranched alkanes of at least 4 members (excludes halogenated alkanes) is 6. The molecule has 1 atom stereocenters. The average molecular weight is 396 g/mol. The fraction of sp³-hybridized carbons (Fsp3) is 0.882. The Bertz CT molecular complexity index is 434. The molecular weight excluding hydrogens is 363 g/mol. The first-order valence-corrected chi connectivity index (χ1v) is 10.9. The van der Waals surface area contributed by atoms with Gasteiger partial charge in [0.2, 0.25) is 0 Å². The van der Waals surface area contributed by atoms with Crippen molar-refractivity contribution in [1.82, 2.24) is 0 Å². The zero-order chi connectivity index (χ0) is 19.8. The number of hydrogen-bond donors (Lipinski definition) is 2. The Labute approximate surface area is 155 Å². The number of carbonyl (C=O) groups excluding carboxylic acids is 2. The molecule has 0 radical (unpaired) electrons. The van der Waals surface area contributed by atoms with Gasteiger partial charge in [0.05, 0.1) is 6.61 Å². The van der Waals surface area contributed by atoms with E-state index in [1.165, 1.54) is 0 Å². The van der Waals surface area contributed by atoms with Crippen LogP contribution in [0.3, 0.4) is 0 Å². The third-order valence-corrected chi connectivity index (χ3v) is 4.11. The second kappa shape index (κ2) is 15.1. The van der Waals surface area contributed by atoms with Crippen LogP contribution < -0.4 is 0 Å². The van der Waals surface area contributed by atoms with Gasteiger partial charge in [-0.1, -0.05) is 52.4 Å². The summed E-state index contributed by atoms with van der Waals surface area (Å²) < 4.78 is 25.4. The van der Waals surface area contributed by atoms with Gasteiger partial charge in [-0.05, 0) is 12.8 Å². The number of phosphoric ester groups is 1. The number of carbonyl (C=O) groups is 2. The standard InChI is InChI=1S/C17H33O8P/c1-3-5-7-9-11-16(18)23-13-15(14-24-26(20,21)22)25-17(19)12-10-8-6-4-2/h15H,3-14H2,1-2H3,(H2,20,21,22). The number of ether oxygens (including phenoxy) is 2. The van der Waals surface area contributed by atoms with Gasteiger partial charge in [0.1, 0.15) is 6.61 Å². The SMILES string of the molecule is CCCCCCC(=O)OCC(COP(=O)(O)O)OC(=O)CCCCCC. The van der Waals surface area contributed by atoms with Crippen LogP contribution in [0, 0.1) is 0 Å². The molecule has 0 aromatic heterocycles. The zero-order valence-electron chi connectivity index (χ0n) is 15.9. The van der Waals surface area contributed by atoms with Crippen LogP contribution in [0.1, 0.15) is 78.1 Å². The quantitative estimate of drug-likeness (QED) is 0.231. The maximum absolute atomic E-state index is 11.8. The summed E-state index contributed by atoms with van der Waals surface area (Å²) in [4.78, 5) is 41.1. The van der Waals surface area contributed by atoms with Crippen LogP contribution in [0.15, 0.2) is 0 Å². The topological polar surface area (TPSA) is 119 Å². The Morgan fingerprint density at radius 2 is 1.38 bits per heavy atom. The van der Waals surface area contributed by atoms with Crippen molar-refractivity contribution in [2.75, 3.05) is 13.2 Å². The molecule has 1 unspecified atom stereocenters. The molecule has 0 aromatic rings. The van der Waals surface area contributed by atoms with Gasteiger partial charge in [-0.25, -0.2) is 4.57 Å². The lowest BCUT2D eigenvalue weighted by molar-refractivity contribution is -0.161. The van der Waals surface area contributed by atoms with Crippen LogP contribution in [-0.4, -0.2) is 41.0 Å². The molecule has 0 saturated heterocycles. The first-order valence-electron chi connectivity index (χ1n) is 9.33. The van der Waals surface area contributed by atoms with Gasteiger partial charge in [-0.2, -0.15) is 0 Å². The Morgan fingerprint density at radius 1 is 0.846 bits per heavy atom. The molecule has 8 nitrogen and oxygen atoms in total. The highest BCUT2D eigenvalue weighted by atomic mass is 31.2. The normalized spacial score (nSPS) is 12.6. The summed E-state index contributed by atoms with van der Waals surface area (Å²) in [7, 11) is -4.70. The third-order valence-electron chi connectivity index (χ3n) is 3.63. The lowest BCUT2D eigenvalue weighted by Gasteiger charge is -2.18. The van der Waals surface area contributed by atoms with Crippen molar-refractivity contribution in [1.29, 1.82) is 0 Å². The lowest BCUT2D eigenvalue weighted by Crippen LogP contribution is -2.29. The number of rotatable bonds is 16. The van der Waals surface area contributed by atoms with Gasteiger partial charge in [0.25, 0.3) is 0 Å². The number of hydrogen-bond acceptors (Lipinski definition) is 6. The Hall–Kier alpha value is -0.950. The third kappa shape index (κ3) is 16.5. The molecule has 0 heterocycles. The minimum atomic E-state index is -4.70. The van der Waals surface area contributed by atoms with Gasteiger partial charge >= 0.3 is 19.8 Å². The van der Waals surface area contributed by atoms with Gasteiger partial charge in [0.15, 0.2) is 6.10 Å². The largest absolute Gasteiger partial charge is 0.469 e. The highest BCUT2D eigenvalue weighted by Gasteiger charge is 2.22. The van der Waals surface area contributed by atoms with E-state index in [0.717, 1.165) is 38.5 Å². The molecule has 9 heteroatoms. The van der Waals surface area contributed by atoms with E-state index < -0.39 is 32.5 Å². The van der Waals surface area contributed by atoms with Crippen molar-refractivity contribution in [3.05, 3.63) is 0 Å². The average Bonchev–Trinajstić information content (AvgIpc) is 2.57. The number of esters is 2. The molecule has 26 heavy (non-hydrogen) atoms. The summed E-state index contributed by atoms with van der Waals surface area (Å²) >= 11 is 0. The maximum Gasteiger partial charge on any atom is 0.469 e. The Morgan fingerprint density at radius 3 is 1.88 bits per heavy atom. The van der Waals surface area contributed by atoms with Crippen molar-refractivity contribution in [3.63, 3.8) is 0 Å². The van der Waals surface area contributed by atoms with E-state index in [1.807, 2.05) is 0 Å². The molecule has 2 N–H and O–H groups in total. The molecule has 0 aliphatic heterocycles. The second-order valence-electron chi connectivity index (χ2n) is 6.20. The minimum Gasteiger partial charge on any atom is -0.462 e. The minimum absolute atomic E-state index is 0.206. The molecule has 0 spiro atoms. The molecule has 0 saturated carbocycles. The van der Waals surface area contributed by atoms with Crippen LogP contribution in [0.4, 0.5) is 0 Å². The predicted molar refractivity (Wildman–Crippen MR) is 96.4 cm³/mol. The Balaban J connectivity index is 4.30. The van der Waals surface area contributed by atoms with Crippen molar-refractivity contribution in [3.8, 4) is 0 Å². The van der Waals surface area contributed by atoms with E-state index in [9.17, 15) is 14.2 Å². The predicted octanol–water partition coefficient (Wildman–Crippen LogP) is 3.49. The summed E-state index contributed by atoms with van der Waals surface area (Å²) in [5, 5.41) is 0. The van der Waals surface area contributed by atoms with E-state index in [2.05, 4.69) is 18.4 Å². The van der Waals surface area contributed by atoms with Crippen LogP contribution in [0.2, 0.25) is 0 Å². The van der Waals surface area contributed by atoms with E-state index in [1.54, 1.807) is 0 Å². The molecule has 0 aliphatic carbocycles. The first-order chi connectivity index (χ1) is 12.3. The molecule has 154 valence electrons. The lowest BCUT2D eigenvalue weighted by atomic mass is 10.1. The summed E-state index contributed by atoms with van der Waals surface area (Å²) in [6.07, 6.45) is 6.83. The van der Waals surface area contributed by atoms with E-state index in [4.69, 9.17) is 19.3 Å². The number of phosphoric acid groups is 1. The maximum atomic E-state index is 11.8. The summed E-state index contributed by atoms with van der Waals surface area (Å²) in [6.45, 7) is 3.31. The van der Waals surface area contributed by atoms with Crippen molar-refractivity contribution in [2.24, 2.45) is 0 Å². The van der Waals surface area contributed by atoms with E-state index in [0.29, 0.717) is 12.8 Å². The summed E-state index contributed by atoms with van der Waals surface area (Å²) in [6, 6.07) is 0. The first kappa shape index (κ1) is 25.1. The van der Waals surface area contributed by atoms with Crippen LogP contribution in [0.25, 0.3) is 0 Å². The highest BCUT2D eigenvalue weighted by molar-refractivity contribution is 7.46. The molecule has 0 rings (SSSR count). The van der Waals surface area contributed by atoms with E-state index in [-0.39, 0.29) is 19.4 Å². The van der Waals surface area contributed by atoms with E-state index >= 15 is 0 Å². The smallest absolute Gasteiger partial charge is 0.462 e. The highest BCUT2D eigenvalue weighted by Crippen LogP contribution is 2.35. The van der Waals surface area contributed by atoms with Gasteiger partial charge in [0, 0.05) is 12.8 Å².